The zero-order chi connectivity index (χ0) is 22.0. The molecule has 1 amide bonds. The van der Waals surface area contributed by atoms with Gasteiger partial charge in [-0.1, -0.05) is 12.5 Å². The van der Waals surface area contributed by atoms with Gasteiger partial charge >= 0.3 is 0 Å². The Labute approximate surface area is 188 Å². The summed E-state index contributed by atoms with van der Waals surface area (Å²) in [6.45, 7) is 6.65. The molecule has 8 heteroatoms. The Morgan fingerprint density at radius 2 is 1.97 bits per heavy atom. The van der Waals surface area contributed by atoms with Crippen molar-refractivity contribution in [3.05, 3.63) is 53.1 Å². The second kappa shape index (κ2) is 9.22. The number of carbonyl (C=O) groups is 1. The summed E-state index contributed by atoms with van der Waals surface area (Å²) >= 11 is 1.58. The number of rotatable bonds is 6. The Balaban J connectivity index is 1.57. The number of hydrogen-bond donors (Lipinski definition) is 0. The maximum Gasteiger partial charge on any atom is 0.260 e. The number of carbonyl (C=O) groups excluding carboxylic acids is 1. The van der Waals surface area contributed by atoms with E-state index < -0.39 is 10.0 Å². The molecule has 4 rings (SSSR count). The number of benzene rings is 1. The first kappa shape index (κ1) is 22.2. The fraction of sp³-hybridized carbons (Fsp3) is 0.478. The molecule has 0 saturated carbocycles. The van der Waals surface area contributed by atoms with Gasteiger partial charge in [0.05, 0.1) is 10.6 Å². The maximum absolute atomic E-state index is 13.2. The van der Waals surface area contributed by atoms with Gasteiger partial charge in [0.1, 0.15) is 0 Å². The minimum absolute atomic E-state index is 0.000854. The van der Waals surface area contributed by atoms with E-state index in [1.807, 2.05) is 6.92 Å². The first-order chi connectivity index (χ1) is 14.9. The summed E-state index contributed by atoms with van der Waals surface area (Å²) in [6.07, 6.45) is 8.79. The summed E-state index contributed by atoms with van der Waals surface area (Å²) in [5.74, 6) is -0.193. The molecule has 1 saturated heterocycles. The fourth-order valence-electron chi connectivity index (χ4n) is 4.32. The van der Waals surface area contributed by atoms with E-state index in [0.29, 0.717) is 23.8 Å². The van der Waals surface area contributed by atoms with E-state index in [4.69, 9.17) is 4.98 Å². The molecule has 2 heterocycles. The normalized spacial score (nSPS) is 19.6. The van der Waals surface area contributed by atoms with Crippen LogP contribution in [0.25, 0.3) is 0 Å². The van der Waals surface area contributed by atoms with Crippen LogP contribution in [0.5, 0.6) is 0 Å². The van der Waals surface area contributed by atoms with Crippen molar-refractivity contribution in [2.75, 3.05) is 18.0 Å². The zero-order valence-corrected chi connectivity index (χ0v) is 19.6. The third-order valence-corrected chi connectivity index (χ3v) is 9.28. The molecule has 0 N–H and O–H groups in total. The summed E-state index contributed by atoms with van der Waals surface area (Å²) < 4.78 is 27.7. The SMILES string of the molecule is C=CCN(C(=O)c1ccc(S(=O)(=O)N2CCCC[C@@H]2C)cc1)c1nc2c(s1)CCCC2. The fourth-order valence-corrected chi connectivity index (χ4v) is 7.18. The Morgan fingerprint density at radius 3 is 2.65 bits per heavy atom. The van der Waals surface area contributed by atoms with Crippen LogP contribution in [0.15, 0.2) is 41.8 Å². The van der Waals surface area contributed by atoms with E-state index in [0.717, 1.165) is 50.6 Å². The summed E-state index contributed by atoms with van der Waals surface area (Å²) in [5.41, 5.74) is 1.55. The van der Waals surface area contributed by atoms with E-state index in [1.165, 1.54) is 4.88 Å². The Bertz CT molecular complexity index is 1040. The number of amides is 1. The number of hydrogen-bond acceptors (Lipinski definition) is 5. The van der Waals surface area contributed by atoms with Crippen LogP contribution >= 0.6 is 11.3 Å². The van der Waals surface area contributed by atoms with Crippen LogP contribution in [0.2, 0.25) is 0 Å². The molecule has 1 aliphatic heterocycles. The molecular formula is C23H29N3O3S2. The third kappa shape index (κ3) is 4.47. The van der Waals surface area contributed by atoms with E-state index in [-0.39, 0.29) is 16.8 Å². The average Bonchev–Trinajstić information content (AvgIpc) is 3.21. The van der Waals surface area contributed by atoms with Crippen molar-refractivity contribution in [2.45, 2.75) is 62.8 Å². The molecular weight excluding hydrogens is 430 g/mol. The maximum atomic E-state index is 13.2. The number of sulfonamides is 1. The average molecular weight is 460 g/mol. The quantitative estimate of drug-likeness (QED) is 0.600. The summed E-state index contributed by atoms with van der Waals surface area (Å²) in [5, 5.41) is 0.690. The molecule has 31 heavy (non-hydrogen) atoms. The van der Waals surface area contributed by atoms with Crippen LogP contribution in [0, 0.1) is 0 Å². The molecule has 1 aliphatic carbocycles. The lowest BCUT2D eigenvalue weighted by Crippen LogP contribution is -2.41. The van der Waals surface area contributed by atoms with Gasteiger partial charge in [-0.2, -0.15) is 4.31 Å². The minimum Gasteiger partial charge on any atom is -0.280 e. The molecule has 1 aromatic heterocycles. The molecule has 1 aromatic carbocycles. The number of fused-ring (bicyclic) bond motifs is 1. The molecule has 2 aliphatic rings. The largest absolute Gasteiger partial charge is 0.280 e. The molecule has 0 bridgehead atoms. The Morgan fingerprint density at radius 1 is 1.23 bits per heavy atom. The Kier molecular flexibility index (Phi) is 6.60. The van der Waals surface area contributed by atoms with Gasteiger partial charge in [-0.15, -0.1) is 17.9 Å². The van der Waals surface area contributed by atoms with Crippen LogP contribution in [-0.4, -0.2) is 42.7 Å². The van der Waals surface area contributed by atoms with Crippen molar-refractivity contribution in [3.8, 4) is 0 Å². The zero-order valence-electron chi connectivity index (χ0n) is 17.9. The first-order valence-electron chi connectivity index (χ1n) is 10.9. The molecule has 166 valence electrons. The predicted molar refractivity (Wildman–Crippen MR) is 124 cm³/mol. The van der Waals surface area contributed by atoms with Crippen LogP contribution < -0.4 is 4.90 Å². The van der Waals surface area contributed by atoms with E-state index in [9.17, 15) is 13.2 Å². The first-order valence-corrected chi connectivity index (χ1v) is 13.2. The lowest BCUT2D eigenvalue weighted by atomic mass is 10.0. The monoisotopic (exact) mass is 459 g/mol. The lowest BCUT2D eigenvalue weighted by molar-refractivity contribution is 0.0989. The van der Waals surface area contributed by atoms with Gasteiger partial charge in [0.2, 0.25) is 10.0 Å². The molecule has 2 aromatic rings. The van der Waals surface area contributed by atoms with Gasteiger partial charge < -0.3 is 0 Å². The van der Waals surface area contributed by atoms with Gasteiger partial charge in [-0.05, 0) is 69.7 Å². The van der Waals surface area contributed by atoms with Gasteiger partial charge in [0.25, 0.3) is 5.91 Å². The van der Waals surface area contributed by atoms with E-state index in [1.54, 1.807) is 50.9 Å². The van der Waals surface area contributed by atoms with Crippen LogP contribution in [0.1, 0.15) is 60.0 Å². The van der Waals surface area contributed by atoms with Crippen molar-refractivity contribution >= 4 is 32.4 Å². The molecule has 6 nitrogen and oxygen atoms in total. The van der Waals surface area contributed by atoms with Crippen molar-refractivity contribution in [3.63, 3.8) is 0 Å². The third-order valence-electron chi connectivity index (χ3n) is 6.07. The number of aromatic nitrogens is 1. The predicted octanol–water partition coefficient (Wildman–Crippen LogP) is 4.42. The second-order valence-electron chi connectivity index (χ2n) is 8.26. The summed E-state index contributed by atoms with van der Waals surface area (Å²) in [7, 11) is -3.56. The number of anilines is 1. The standard InChI is InChI=1S/C23H29N3O3S2/c1-3-15-25(23-24-20-9-4-5-10-21(20)30-23)22(27)18-11-13-19(14-12-18)31(28,29)26-16-7-6-8-17(26)2/h3,11-14,17H,1,4-10,15-16H2,2H3/t17-/m0/s1. The van der Waals surface area contributed by atoms with Crippen LogP contribution in [0.3, 0.4) is 0 Å². The molecule has 0 unspecified atom stereocenters. The smallest absolute Gasteiger partial charge is 0.260 e. The molecule has 1 fully saturated rings. The van der Waals surface area contributed by atoms with Crippen LogP contribution in [0.4, 0.5) is 5.13 Å². The topological polar surface area (TPSA) is 70.6 Å². The van der Waals surface area contributed by atoms with Gasteiger partial charge in [0, 0.05) is 29.6 Å². The van der Waals surface area contributed by atoms with Crippen molar-refractivity contribution in [2.24, 2.45) is 0 Å². The highest BCUT2D eigenvalue weighted by Crippen LogP contribution is 2.33. The summed E-state index contributed by atoms with van der Waals surface area (Å²) in [6, 6.07) is 6.30. The number of nitrogens with zero attached hydrogens (tertiary/aromatic N) is 3. The highest BCUT2D eigenvalue weighted by molar-refractivity contribution is 7.89. The van der Waals surface area contributed by atoms with E-state index >= 15 is 0 Å². The Hall–Kier alpha value is -2.03. The van der Waals surface area contributed by atoms with Gasteiger partial charge in [-0.3, -0.25) is 9.69 Å². The molecule has 1 atom stereocenters. The van der Waals surface area contributed by atoms with Gasteiger partial charge in [0.15, 0.2) is 5.13 Å². The van der Waals surface area contributed by atoms with Crippen LogP contribution in [-0.2, 0) is 22.9 Å². The van der Waals surface area contributed by atoms with Crippen molar-refractivity contribution in [1.82, 2.24) is 9.29 Å². The van der Waals surface area contributed by atoms with E-state index in [2.05, 4.69) is 6.58 Å². The highest BCUT2D eigenvalue weighted by atomic mass is 32.2. The highest BCUT2D eigenvalue weighted by Gasteiger charge is 2.31. The number of piperidine rings is 1. The number of thiazole rings is 1. The molecule has 0 spiro atoms. The van der Waals surface area contributed by atoms with Crippen molar-refractivity contribution < 1.29 is 13.2 Å². The number of aryl methyl sites for hydroxylation is 2. The van der Waals surface area contributed by atoms with Crippen molar-refractivity contribution in [1.29, 1.82) is 0 Å². The summed E-state index contributed by atoms with van der Waals surface area (Å²) in [4.78, 5) is 21.1. The molecule has 0 radical (unpaired) electrons. The van der Waals surface area contributed by atoms with Gasteiger partial charge in [-0.25, -0.2) is 13.4 Å². The lowest BCUT2D eigenvalue weighted by Gasteiger charge is -2.32. The minimum atomic E-state index is -3.56. The second-order valence-corrected chi connectivity index (χ2v) is 11.2.